The van der Waals surface area contributed by atoms with E-state index in [2.05, 4.69) is 21.1 Å². The Morgan fingerprint density at radius 2 is 2.00 bits per heavy atom. The van der Waals surface area contributed by atoms with Crippen molar-refractivity contribution in [1.82, 2.24) is 0 Å². The molecule has 1 heterocycles. The highest BCUT2D eigenvalue weighted by atomic mass is 16.5. The number of aliphatic hydroxyl groups is 1. The summed E-state index contributed by atoms with van der Waals surface area (Å²) >= 11 is 0. The second-order valence-electron chi connectivity index (χ2n) is 4.76. The molecule has 0 unspecified atom stereocenters. The molecule has 12 heavy (non-hydrogen) atoms. The third-order valence-electron chi connectivity index (χ3n) is 2.14. The largest absolute Gasteiger partial charge is 0.390 e. The zero-order valence-corrected chi connectivity index (χ0v) is 8.45. The summed E-state index contributed by atoms with van der Waals surface area (Å²) in [5, 5.41) is 9.59. The maximum absolute atomic E-state index is 9.59. The van der Waals surface area contributed by atoms with Crippen molar-refractivity contribution in [3.8, 4) is 0 Å². The number of rotatable bonds is 2. The van der Waals surface area contributed by atoms with E-state index in [-0.39, 0.29) is 18.3 Å². The van der Waals surface area contributed by atoms with Crippen molar-refractivity contribution in [2.24, 2.45) is 0 Å². The monoisotopic (exact) mass is 174 g/mol. The molecule has 3 nitrogen and oxygen atoms in total. The van der Waals surface area contributed by atoms with Gasteiger partial charge in [-0.15, -0.1) is 0 Å². The van der Waals surface area contributed by atoms with Gasteiger partial charge in [-0.2, -0.15) is 0 Å². The Bertz CT molecular complexity index is 153. The summed E-state index contributed by atoms with van der Waals surface area (Å²) in [6, 6.07) is 0. The number of aliphatic hydroxyl groups excluding tert-OH is 1. The van der Waals surface area contributed by atoms with E-state index in [1.165, 1.54) is 0 Å². The Labute approximate surface area is 74.5 Å². The van der Waals surface area contributed by atoms with Crippen LogP contribution in [0.15, 0.2) is 0 Å². The van der Waals surface area contributed by atoms with Gasteiger partial charge in [0.1, 0.15) is 12.6 Å². The molecule has 3 heteroatoms. The Morgan fingerprint density at radius 1 is 1.42 bits per heavy atom. The summed E-state index contributed by atoms with van der Waals surface area (Å²) < 4.78 is 6.43. The van der Waals surface area contributed by atoms with Gasteiger partial charge in [-0.05, 0) is 6.92 Å². The van der Waals surface area contributed by atoms with E-state index in [9.17, 15) is 5.11 Å². The molecule has 1 saturated heterocycles. The van der Waals surface area contributed by atoms with Crippen LogP contribution in [0.2, 0.25) is 0 Å². The third-order valence-corrected chi connectivity index (χ3v) is 2.14. The minimum Gasteiger partial charge on any atom is -0.390 e. The van der Waals surface area contributed by atoms with Crippen molar-refractivity contribution in [3.05, 3.63) is 0 Å². The topological polar surface area (TPSA) is 29.5 Å². The minimum atomic E-state index is -0.266. The van der Waals surface area contributed by atoms with Gasteiger partial charge in [0.2, 0.25) is 0 Å². The molecule has 0 amide bonds. The standard InChI is InChI=1S/C9H20NO2/c1-7-5-8(11)9(12-7)6-10(2,3)4/h7-9,11H,5-6H2,1-4H3/q+1/t7-,8+,9-/m0/s1. The third kappa shape index (κ3) is 2.73. The first-order valence-corrected chi connectivity index (χ1v) is 4.52. The smallest absolute Gasteiger partial charge is 0.132 e. The molecule has 0 saturated carbocycles. The Hall–Kier alpha value is -0.120. The minimum absolute atomic E-state index is 0.0278. The molecule has 0 aromatic heterocycles. The van der Waals surface area contributed by atoms with Crippen LogP contribution < -0.4 is 0 Å². The molecule has 0 radical (unpaired) electrons. The van der Waals surface area contributed by atoms with E-state index in [0.717, 1.165) is 17.4 Å². The summed E-state index contributed by atoms with van der Waals surface area (Å²) in [4.78, 5) is 0. The Kier molecular flexibility index (Phi) is 2.76. The second kappa shape index (κ2) is 3.32. The SMILES string of the molecule is C[C@H]1C[C@@H](O)[C@H](C[N+](C)(C)C)O1. The van der Waals surface area contributed by atoms with E-state index < -0.39 is 0 Å². The van der Waals surface area contributed by atoms with Gasteiger partial charge in [0.25, 0.3) is 0 Å². The highest BCUT2D eigenvalue weighted by Crippen LogP contribution is 2.21. The van der Waals surface area contributed by atoms with E-state index in [1.54, 1.807) is 0 Å². The van der Waals surface area contributed by atoms with E-state index in [1.807, 2.05) is 6.92 Å². The lowest BCUT2D eigenvalue weighted by Crippen LogP contribution is -2.44. The number of nitrogens with zero attached hydrogens (tertiary/aromatic N) is 1. The van der Waals surface area contributed by atoms with Gasteiger partial charge >= 0.3 is 0 Å². The molecular weight excluding hydrogens is 154 g/mol. The zero-order valence-electron chi connectivity index (χ0n) is 8.45. The van der Waals surface area contributed by atoms with Crippen LogP contribution in [0, 0.1) is 0 Å². The molecule has 0 bridgehead atoms. The summed E-state index contributed by atoms with van der Waals surface area (Å²) in [6.45, 7) is 2.89. The molecule has 0 spiro atoms. The summed E-state index contributed by atoms with van der Waals surface area (Å²) in [6.07, 6.45) is 0.763. The quantitative estimate of drug-likeness (QED) is 0.607. The van der Waals surface area contributed by atoms with Crippen molar-refractivity contribution in [3.63, 3.8) is 0 Å². The van der Waals surface area contributed by atoms with E-state index in [0.29, 0.717) is 0 Å². The number of ether oxygens (including phenoxy) is 1. The van der Waals surface area contributed by atoms with Crippen LogP contribution in [0.3, 0.4) is 0 Å². The predicted octanol–water partition coefficient (Wildman–Crippen LogP) is 0.231. The molecule has 1 aliphatic rings. The lowest BCUT2D eigenvalue weighted by molar-refractivity contribution is -0.873. The first kappa shape index (κ1) is 9.96. The number of hydrogen-bond donors (Lipinski definition) is 1. The van der Waals surface area contributed by atoms with Gasteiger partial charge in [0, 0.05) is 6.42 Å². The van der Waals surface area contributed by atoms with Crippen LogP contribution in [0.5, 0.6) is 0 Å². The number of likely N-dealkylation sites (N-methyl/N-ethyl adjacent to an activating group) is 1. The zero-order chi connectivity index (χ0) is 9.35. The Balaban J connectivity index is 2.43. The van der Waals surface area contributed by atoms with Crippen LogP contribution in [-0.4, -0.2) is 55.6 Å². The van der Waals surface area contributed by atoms with Gasteiger partial charge < -0.3 is 14.3 Å². The number of quaternary nitrogens is 1. The molecule has 1 N–H and O–H groups in total. The predicted molar refractivity (Wildman–Crippen MR) is 47.9 cm³/mol. The molecule has 3 atom stereocenters. The van der Waals surface area contributed by atoms with Gasteiger partial charge in [-0.25, -0.2) is 0 Å². The molecular formula is C9H20NO2+. The van der Waals surface area contributed by atoms with Gasteiger partial charge in [0.15, 0.2) is 0 Å². The molecule has 0 aromatic carbocycles. The van der Waals surface area contributed by atoms with Gasteiger partial charge in [-0.3, -0.25) is 0 Å². The first-order valence-electron chi connectivity index (χ1n) is 4.52. The van der Waals surface area contributed by atoms with Crippen LogP contribution in [0.25, 0.3) is 0 Å². The summed E-state index contributed by atoms with van der Waals surface area (Å²) in [5.41, 5.74) is 0. The maximum Gasteiger partial charge on any atom is 0.132 e. The fourth-order valence-electron chi connectivity index (χ4n) is 1.64. The molecule has 1 aliphatic heterocycles. The lowest BCUT2D eigenvalue weighted by Gasteiger charge is -2.28. The van der Waals surface area contributed by atoms with Crippen LogP contribution in [0.1, 0.15) is 13.3 Å². The Morgan fingerprint density at radius 3 is 2.33 bits per heavy atom. The lowest BCUT2D eigenvalue weighted by atomic mass is 10.1. The fourth-order valence-corrected chi connectivity index (χ4v) is 1.64. The second-order valence-corrected chi connectivity index (χ2v) is 4.76. The molecule has 72 valence electrons. The van der Waals surface area contributed by atoms with Crippen LogP contribution in [0.4, 0.5) is 0 Å². The average molecular weight is 174 g/mol. The fraction of sp³-hybridized carbons (Fsp3) is 1.00. The highest BCUT2D eigenvalue weighted by Gasteiger charge is 2.34. The van der Waals surface area contributed by atoms with E-state index >= 15 is 0 Å². The van der Waals surface area contributed by atoms with Crippen molar-refractivity contribution >= 4 is 0 Å². The normalized spacial score (nSPS) is 37.2. The molecule has 1 fully saturated rings. The molecule has 1 rings (SSSR count). The first-order chi connectivity index (χ1) is 5.38. The van der Waals surface area contributed by atoms with Crippen LogP contribution in [-0.2, 0) is 4.74 Å². The molecule has 0 aliphatic carbocycles. The maximum atomic E-state index is 9.59. The molecule has 0 aromatic rings. The van der Waals surface area contributed by atoms with Crippen molar-refractivity contribution in [2.75, 3.05) is 27.7 Å². The van der Waals surface area contributed by atoms with Crippen molar-refractivity contribution in [2.45, 2.75) is 31.7 Å². The summed E-state index contributed by atoms with van der Waals surface area (Å²) in [5.74, 6) is 0. The van der Waals surface area contributed by atoms with Crippen LogP contribution >= 0.6 is 0 Å². The van der Waals surface area contributed by atoms with Crippen molar-refractivity contribution < 1.29 is 14.3 Å². The number of hydrogen-bond acceptors (Lipinski definition) is 2. The van der Waals surface area contributed by atoms with Gasteiger partial charge in [0.05, 0.1) is 33.4 Å². The average Bonchev–Trinajstić information content (AvgIpc) is 2.06. The van der Waals surface area contributed by atoms with Gasteiger partial charge in [-0.1, -0.05) is 0 Å². The van der Waals surface area contributed by atoms with Crippen molar-refractivity contribution in [1.29, 1.82) is 0 Å². The van der Waals surface area contributed by atoms with E-state index in [4.69, 9.17) is 4.74 Å². The highest BCUT2D eigenvalue weighted by molar-refractivity contribution is 4.79. The summed E-state index contributed by atoms with van der Waals surface area (Å²) in [7, 11) is 6.33.